The summed E-state index contributed by atoms with van der Waals surface area (Å²) in [5.74, 6) is 0.818. The van der Waals surface area contributed by atoms with Crippen LogP contribution in [-0.2, 0) is 16.4 Å². The molecule has 8 heteroatoms. The number of aromatic nitrogens is 2. The smallest absolute Gasteiger partial charge is 0.295 e. The second-order valence-electron chi connectivity index (χ2n) is 4.94. The fraction of sp³-hybridized carbons (Fsp3) is 0.200. The lowest BCUT2D eigenvalue weighted by Crippen LogP contribution is -2.11. The Bertz CT molecular complexity index is 910. The first kappa shape index (κ1) is 15.3. The van der Waals surface area contributed by atoms with Gasteiger partial charge < -0.3 is 8.83 Å². The van der Waals surface area contributed by atoms with Crippen LogP contribution in [0.15, 0.2) is 50.3 Å². The van der Waals surface area contributed by atoms with E-state index in [0.717, 1.165) is 5.56 Å². The third-order valence-electron chi connectivity index (χ3n) is 3.13. The van der Waals surface area contributed by atoms with Crippen LogP contribution in [-0.4, -0.2) is 18.6 Å². The van der Waals surface area contributed by atoms with Crippen molar-refractivity contribution in [2.24, 2.45) is 0 Å². The van der Waals surface area contributed by atoms with Crippen LogP contribution in [0.1, 0.15) is 18.4 Å². The lowest BCUT2D eigenvalue weighted by molar-refractivity contribution is 0.436. The van der Waals surface area contributed by atoms with Crippen molar-refractivity contribution in [1.29, 1.82) is 0 Å². The molecular weight excluding hydrogens is 318 g/mol. The summed E-state index contributed by atoms with van der Waals surface area (Å²) in [5, 5.41) is 7.42. The van der Waals surface area contributed by atoms with Crippen molar-refractivity contribution in [2.45, 2.75) is 25.4 Å². The average Bonchev–Trinajstić information content (AvgIpc) is 3.18. The number of anilines is 1. The van der Waals surface area contributed by atoms with E-state index in [1.54, 1.807) is 12.1 Å². The summed E-state index contributed by atoms with van der Waals surface area (Å²) in [6.45, 7) is 3.80. The third kappa shape index (κ3) is 3.26. The fourth-order valence-electron chi connectivity index (χ4n) is 1.90. The number of aryl methyl sites for hydroxylation is 2. The minimum atomic E-state index is -3.82. The largest absolute Gasteiger partial charge is 0.438 e. The Balaban J connectivity index is 1.84. The molecule has 7 nitrogen and oxygen atoms in total. The summed E-state index contributed by atoms with van der Waals surface area (Å²) in [6.07, 6.45) is 0.591. The van der Waals surface area contributed by atoms with E-state index in [9.17, 15) is 8.42 Å². The van der Waals surface area contributed by atoms with Crippen LogP contribution in [0.25, 0.3) is 11.7 Å². The van der Waals surface area contributed by atoms with E-state index in [-0.39, 0.29) is 16.7 Å². The molecular formula is C15H15N3O4S. The van der Waals surface area contributed by atoms with Gasteiger partial charge in [-0.15, -0.1) is 10.2 Å². The number of nitrogens with one attached hydrogen (secondary N) is 1. The summed E-state index contributed by atoms with van der Waals surface area (Å²) in [6, 6.07) is 9.83. The molecule has 3 aromatic rings. The maximum absolute atomic E-state index is 12.3. The summed E-state index contributed by atoms with van der Waals surface area (Å²) in [5.41, 5.74) is 1.50. The maximum atomic E-state index is 12.3. The van der Waals surface area contributed by atoms with Crippen LogP contribution in [0.2, 0.25) is 0 Å². The summed E-state index contributed by atoms with van der Waals surface area (Å²) in [7, 11) is -3.82. The van der Waals surface area contributed by atoms with Crippen LogP contribution in [0, 0.1) is 6.92 Å². The van der Waals surface area contributed by atoms with E-state index >= 15 is 0 Å². The van der Waals surface area contributed by atoms with E-state index in [1.165, 1.54) is 12.1 Å². The molecule has 0 aliphatic heterocycles. The van der Waals surface area contributed by atoms with Gasteiger partial charge in [0.1, 0.15) is 0 Å². The molecule has 2 heterocycles. The second-order valence-corrected chi connectivity index (χ2v) is 6.56. The number of nitrogens with zero attached hydrogens (tertiary/aromatic N) is 2. The monoisotopic (exact) mass is 333 g/mol. The van der Waals surface area contributed by atoms with Crippen molar-refractivity contribution in [3.05, 3.63) is 47.9 Å². The fourth-order valence-corrected chi connectivity index (χ4v) is 2.90. The first-order valence-electron chi connectivity index (χ1n) is 7.00. The Kier molecular flexibility index (Phi) is 3.91. The lowest BCUT2D eigenvalue weighted by atomic mass is 10.2. The van der Waals surface area contributed by atoms with Gasteiger partial charge >= 0.3 is 0 Å². The highest BCUT2D eigenvalue weighted by Crippen LogP contribution is 2.25. The third-order valence-corrected chi connectivity index (χ3v) is 4.38. The zero-order chi connectivity index (χ0) is 16.4. The van der Waals surface area contributed by atoms with Gasteiger partial charge in [0.05, 0.1) is 0 Å². The molecule has 0 radical (unpaired) electrons. The Morgan fingerprint density at radius 3 is 2.43 bits per heavy atom. The van der Waals surface area contributed by atoms with Crippen molar-refractivity contribution in [3.8, 4) is 11.7 Å². The topological polar surface area (TPSA) is 98.2 Å². The molecule has 0 spiro atoms. The van der Waals surface area contributed by atoms with E-state index in [1.807, 2.05) is 26.0 Å². The molecule has 0 saturated heterocycles. The molecule has 1 aromatic carbocycles. The number of rotatable bonds is 5. The predicted molar refractivity (Wildman–Crippen MR) is 83.4 cm³/mol. The molecule has 0 saturated carbocycles. The number of hydrogen-bond donors (Lipinski definition) is 1. The number of furan rings is 1. The van der Waals surface area contributed by atoms with Gasteiger partial charge in [-0.3, -0.25) is 4.72 Å². The van der Waals surface area contributed by atoms with E-state index in [0.29, 0.717) is 18.0 Å². The Hall–Kier alpha value is -2.61. The molecule has 0 atom stereocenters. The number of sulfonamides is 1. The van der Waals surface area contributed by atoms with E-state index in [4.69, 9.17) is 8.83 Å². The van der Waals surface area contributed by atoms with Gasteiger partial charge in [-0.1, -0.05) is 24.6 Å². The van der Waals surface area contributed by atoms with Crippen molar-refractivity contribution >= 4 is 15.7 Å². The average molecular weight is 333 g/mol. The summed E-state index contributed by atoms with van der Waals surface area (Å²) < 4.78 is 37.8. The lowest BCUT2D eigenvalue weighted by Gasteiger charge is -2.05. The van der Waals surface area contributed by atoms with Gasteiger partial charge in [-0.25, -0.2) is 0 Å². The molecule has 3 rings (SSSR count). The van der Waals surface area contributed by atoms with Crippen LogP contribution < -0.4 is 4.72 Å². The quantitative estimate of drug-likeness (QED) is 0.770. The molecule has 0 amide bonds. The molecule has 2 aromatic heterocycles. The summed E-state index contributed by atoms with van der Waals surface area (Å²) >= 11 is 0. The highest BCUT2D eigenvalue weighted by Gasteiger charge is 2.21. The first-order valence-corrected chi connectivity index (χ1v) is 8.48. The van der Waals surface area contributed by atoms with E-state index in [2.05, 4.69) is 14.9 Å². The number of hydrogen-bond acceptors (Lipinski definition) is 6. The minimum Gasteiger partial charge on any atom is -0.438 e. The predicted octanol–water partition coefficient (Wildman–Crippen LogP) is 3.00. The van der Waals surface area contributed by atoms with Crippen molar-refractivity contribution in [2.75, 3.05) is 4.72 Å². The first-order chi connectivity index (χ1) is 11.0. The molecule has 23 heavy (non-hydrogen) atoms. The van der Waals surface area contributed by atoms with Crippen LogP contribution in [0.3, 0.4) is 0 Å². The highest BCUT2D eigenvalue weighted by molar-refractivity contribution is 7.92. The molecule has 0 aliphatic rings. The zero-order valence-corrected chi connectivity index (χ0v) is 13.4. The molecule has 0 fully saturated rings. The van der Waals surface area contributed by atoms with Crippen molar-refractivity contribution in [3.63, 3.8) is 0 Å². The van der Waals surface area contributed by atoms with E-state index < -0.39 is 10.0 Å². The number of benzene rings is 1. The van der Waals surface area contributed by atoms with Gasteiger partial charge in [0.25, 0.3) is 15.9 Å². The Morgan fingerprint density at radius 1 is 1.04 bits per heavy atom. The second kappa shape index (κ2) is 5.88. The van der Waals surface area contributed by atoms with Gasteiger partial charge in [-0.2, -0.15) is 8.42 Å². The SMILES string of the molecule is CCc1nnc(-c2ccc(S(=O)(=O)Nc3ccc(C)cc3)o2)o1. The van der Waals surface area contributed by atoms with Gasteiger partial charge in [0.15, 0.2) is 5.76 Å². The molecule has 0 unspecified atom stereocenters. The van der Waals surface area contributed by atoms with Gasteiger partial charge in [0, 0.05) is 12.1 Å². The maximum Gasteiger partial charge on any atom is 0.295 e. The zero-order valence-electron chi connectivity index (χ0n) is 12.6. The Morgan fingerprint density at radius 2 is 1.78 bits per heavy atom. The Labute approximate surface area is 133 Å². The van der Waals surface area contributed by atoms with Gasteiger partial charge in [0.2, 0.25) is 11.0 Å². The standard InChI is InChI=1S/C15H15N3O4S/c1-3-13-16-17-15(22-13)12-8-9-14(21-12)23(19,20)18-11-6-4-10(2)5-7-11/h4-9,18H,3H2,1-2H3. The van der Waals surface area contributed by atoms with Crippen LogP contribution in [0.5, 0.6) is 0 Å². The highest BCUT2D eigenvalue weighted by atomic mass is 32.2. The normalized spacial score (nSPS) is 11.6. The van der Waals surface area contributed by atoms with Crippen LogP contribution in [0.4, 0.5) is 5.69 Å². The molecule has 120 valence electrons. The molecule has 0 aliphatic carbocycles. The van der Waals surface area contributed by atoms with Crippen molar-refractivity contribution < 1.29 is 17.3 Å². The van der Waals surface area contributed by atoms with Crippen LogP contribution >= 0.6 is 0 Å². The molecule has 1 N–H and O–H groups in total. The van der Waals surface area contributed by atoms with Gasteiger partial charge in [-0.05, 0) is 31.2 Å². The summed E-state index contributed by atoms with van der Waals surface area (Å²) in [4.78, 5) is 0. The minimum absolute atomic E-state index is 0.152. The van der Waals surface area contributed by atoms with Crippen molar-refractivity contribution in [1.82, 2.24) is 10.2 Å². The molecule has 0 bridgehead atoms.